The summed E-state index contributed by atoms with van der Waals surface area (Å²) in [4.78, 5) is 31.1. The zero-order valence-corrected chi connectivity index (χ0v) is 17.9. The molecule has 1 aromatic rings. The lowest BCUT2D eigenvalue weighted by Gasteiger charge is -2.26. The number of benzene rings is 1. The molecule has 1 atom stereocenters. The minimum atomic E-state index is -0.872. The van der Waals surface area contributed by atoms with E-state index in [0.717, 1.165) is 9.80 Å². The Morgan fingerprint density at radius 2 is 2.04 bits per heavy atom. The lowest BCUT2D eigenvalue weighted by Crippen LogP contribution is -2.42. The first-order valence-corrected chi connectivity index (χ1v) is 10.3. The topological polar surface area (TPSA) is 65.0 Å². The molecule has 1 unspecified atom stereocenters. The van der Waals surface area contributed by atoms with Crippen LogP contribution in [0.3, 0.4) is 0 Å². The van der Waals surface area contributed by atoms with E-state index < -0.39 is 27.2 Å². The van der Waals surface area contributed by atoms with Crippen LogP contribution in [0.5, 0.6) is 0 Å². The van der Waals surface area contributed by atoms with E-state index in [1.54, 1.807) is 12.3 Å². The Balaban J connectivity index is 2.56. The standard InChI is InChI=1S/C14H14Br2ClFN4O2S/c1-21-11(23)10(19-12(20-25-2)14(15,16)7-17)22(13(21)24)9-6-4-3-5-8(9)18/h3-6,12,20H,7H2,1-2H3. The number of urea groups is 1. The third-order valence-corrected chi connectivity index (χ3v) is 6.29. The number of imide groups is 1. The number of amidine groups is 1. The summed E-state index contributed by atoms with van der Waals surface area (Å²) in [5, 5.41) is 0. The quantitative estimate of drug-likeness (QED) is 0.357. The molecule has 1 saturated heterocycles. The maximum Gasteiger partial charge on any atom is 0.337 e. The molecule has 1 N–H and O–H groups in total. The zero-order valence-electron chi connectivity index (χ0n) is 13.2. The highest BCUT2D eigenvalue weighted by molar-refractivity contribution is 9.25. The number of anilines is 1. The van der Waals surface area contributed by atoms with Gasteiger partial charge in [-0.05, 0) is 18.4 Å². The van der Waals surface area contributed by atoms with Crippen LogP contribution in [0.4, 0.5) is 14.9 Å². The number of aliphatic imine (C=N–C) groups is 1. The summed E-state index contributed by atoms with van der Waals surface area (Å²) in [7, 11) is 1.31. The minimum Gasteiger partial charge on any atom is -0.265 e. The van der Waals surface area contributed by atoms with E-state index in [-0.39, 0.29) is 17.4 Å². The van der Waals surface area contributed by atoms with E-state index in [2.05, 4.69) is 41.6 Å². The van der Waals surface area contributed by atoms with Gasteiger partial charge in [-0.15, -0.1) is 11.6 Å². The van der Waals surface area contributed by atoms with Crippen molar-refractivity contribution < 1.29 is 14.0 Å². The molecule has 0 aliphatic carbocycles. The number of halogens is 4. The Labute approximate surface area is 170 Å². The van der Waals surface area contributed by atoms with Crippen LogP contribution in [0.2, 0.25) is 0 Å². The summed E-state index contributed by atoms with van der Waals surface area (Å²) < 4.78 is 16.3. The van der Waals surface area contributed by atoms with Crippen molar-refractivity contribution in [3.63, 3.8) is 0 Å². The number of nitrogens with one attached hydrogen (secondary N) is 1. The molecule has 0 aromatic heterocycles. The number of likely N-dealkylation sites (N-methyl/N-ethyl adjacent to an activating group) is 1. The first kappa shape index (κ1) is 20.6. The number of amides is 3. The van der Waals surface area contributed by atoms with Crippen LogP contribution in [0.1, 0.15) is 0 Å². The van der Waals surface area contributed by atoms with Crippen molar-refractivity contribution in [3.05, 3.63) is 30.1 Å². The molecule has 1 aliphatic heterocycles. The van der Waals surface area contributed by atoms with Crippen LogP contribution in [-0.2, 0) is 4.79 Å². The van der Waals surface area contributed by atoms with Crippen molar-refractivity contribution in [2.45, 2.75) is 9.40 Å². The van der Waals surface area contributed by atoms with Gasteiger partial charge in [0, 0.05) is 7.05 Å². The number of para-hydroxylation sites is 1. The molecule has 1 aromatic carbocycles. The average molecular weight is 517 g/mol. The van der Waals surface area contributed by atoms with Gasteiger partial charge in [-0.2, -0.15) is 0 Å². The third-order valence-electron chi connectivity index (χ3n) is 3.34. The van der Waals surface area contributed by atoms with Crippen molar-refractivity contribution in [2.24, 2.45) is 4.99 Å². The molecule has 1 heterocycles. The van der Waals surface area contributed by atoms with Gasteiger partial charge in [0.2, 0.25) is 5.84 Å². The zero-order chi connectivity index (χ0) is 18.8. The predicted molar refractivity (Wildman–Crippen MR) is 106 cm³/mol. The smallest absolute Gasteiger partial charge is 0.265 e. The van der Waals surface area contributed by atoms with Crippen LogP contribution in [-0.4, -0.2) is 51.3 Å². The number of carbonyl (C=O) groups is 2. The van der Waals surface area contributed by atoms with Crippen LogP contribution in [0.25, 0.3) is 0 Å². The fraction of sp³-hybridized carbons (Fsp3) is 0.357. The van der Waals surface area contributed by atoms with Crippen LogP contribution in [0, 0.1) is 5.82 Å². The summed E-state index contributed by atoms with van der Waals surface area (Å²) in [6, 6.07) is 5.00. The van der Waals surface area contributed by atoms with E-state index in [1.165, 1.54) is 37.2 Å². The molecule has 6 nitrogen and oxygen atoms in total. The van der Waals surface area contributed by atoms with Crippen molar-refractivity contribution in [2.75, 3.05) is 24.1 Å². The van der Waals surface area contributed by atoms with E-state index in [1.807, 2.05) is 0 Å². The molecule has 2 rings (SSSR count). The SMILES string of the molecule is CSNC(N=C1C(=O)N(C)C(=O)N1c1ccccc1F)C(Br)(Br)CCl. The fourth-order valence-electron chi connectivity index (χ4n) is 2.05. The lowest BCUT2D eigenvalue weighted by molar-refractivity contribution is -0.119. The van der Waals surface area contributed by atoms with E-state index in [4.69, 9.17) is 11.6 Å². The van der Waals surface area contributed by atoms with Crippen molar-refractivity contribution in [1.29, 1.82) is 0 Å². The molecule has 0 bridgehead atoms. The second kappa shape index (κ2) is 8.34. The van der Waals surface area contributed by atoms with Gasteiger partial charge in [0.15, 0.2) is 0 Å². The van der Waals surface area contributed by atoms with Gasteiger partial charge in [-0.25, -0.2) is 23.8 Å². The molecule has 1 fully saturated rings. The van der Waals surface area contributed by atoms with Gasteiger partial charge in [0.1, 0.15) is 15.2 Å². The number of nitrogens with zero attached hydrogens (tertiary/aromatic N) is 3. The molecule has 1 aliphatic rings. The van der Waals surface area contributed by atoms with Crippen molar-refractivity contribution >= 4 is 78.9 Å². The average Bonchev–Trinajstić information content (AvgIpc) is 2.79. The van der Waals surface area contributed by atoms with Gasteiger partial charge in [0.05, 0.1) is 11.6 Å². The Hall–Kier alpha value is -0.680. The summed E-state index contributed by atoms with van der Waals surface area (Å²) in [5.41, 5.74) is -0.0486. The number of carbonyl (C=O) groups excluding carboxylic acids is 2. The first-order chi connectivity index (χ1) is 11.7. The monoisotopic (exact) mass is 514 g/mol. The Morgan fingerprint density at radius 1 is 1.40 bits per heavy atom. The van der Waals surface area contributed by atoms with Crippen molar-refractivity contribution in [1.82, 2.24) is 9.62 Å². The molecule has 25 heavy (non-hydrogen) atoms. The first-order valence-electron chi connectivity index (χ1n) is 6.91. The maximum absolute atomic E-state index is 14.2. The highest BCUT2D eigenvalue weighted by atomic mass is 79.9. The highest BCUT2D eigenvalue weighted by Gasteiger charge is 2.44. The molecule has 0 spiro atoms. The number of hydrogen-bond donors (Lipinski definition) is 1. The second-order valence-corrected chi connectivity index (χ2v) is 9.81. The van der Waals surface area contributed by atoms with E-state index in [9.17, 15) is 14.0 Å². The summed E-state index contributed by atoms with van der Waals surface area (Å²) in [5.74, 6) is -1.36. The largest absolute Gasteiger partial charge is 0.337 e. The maximum atomic E-state index is 14.2. The van der Waals surface area contributed by atoms with Crippen molar-refractivity contribution in [3.8, 4) is 0 Å². The normalized spacial score (nSPS) is 18.4. The Kier molecular flexibility index (Phi) is 6.88. The third kappa shape index (κ3) is 4.19. The fourth-order valence-corrected chi connectivity index (χ4v) is 3.41. The van der Waals surface area contributed by atoms with Crippen LogP contribution in [0.15, 0.2) is 29.3 Å². The minimum absolute atomic E-state index is 0.0486. The summed E-state index contributed by atoms with van der Waals surface area (Å²) in [6.45, 7) is 0. The van der Waals surface area contributed by atoms with E-state index in [0.29, 0.717) is 0 Å². The van der Waals surface area contributed by atoms with Gasteiger partial charge >= 0.3 is 6.03 Å². The summed E-state index contributed by atoms with van der Waals surface area (Å²) >= 11 is 14.0. The number of alkyl halides is 3. The highest BCUT2D eigenvalue weighted by Crippen LogP contribution is 2.34. The molecule has 11 heteroatoms. The Bertz CT molecular complexity index is 722. The van der Waals surface area contributed by atoms with Crippen LogP contribution >= 0.6 is 55.4 Å². The van der Waals surface area contributed by atoms with Gasteiger partial charge in [-0.1, -0.05) is 55.9 Å². The molecule has 3 amide bonds. The molecule has 0 saturated carbocycles. The number of rotatable bonds is 6. The second-order valence-electron chi connectivity index (χ2n) is 5.01. The molecule has 0 radical (unpaired) electrons. The van der Waals surface area contributed by atoms with E-state index >= 15 is 0 Å². The van der Waals surface area contributed by atoms with Crippen LogP contribution < -0.4 is 9.62 Å². The summed E-state index contributed by atoms with van der Waals surface area (Å²) in [6.07, 6.45) is 1.06. The van der Waals surface area contributed by atoms with Gasteiger partial charge in [-0.3, -0.25) is 9.69 Å². The van der Waals surface area contributed by atoms with Gasteiger partial charge < -0.3 is 0 Å². The Morgan fingerprint density at radius 3 is 2.60 bits per heavy atom. The van der Waals surface area contributed by atoms with Gasteiger partial charge in [0.25, 0.3) is 5.91 Å². The lowest BCUT2D eigenvalue weighted by atomic mass is 10.3. The molecular formula is C14H14Br2ClFN4O2S. The number of hydrogen-bond acceptors (Lipinski definition) is 5. The molecular weight excluding hydrogens is 503 g/mol. The molecule has 136 valence electrons. The predicted octanol–water partition coefficient (Wildman–Crippen LogP) is 3.54.